The van der Waals surface area contributed by atoms with E-state index < -0.39 is 0 Å². The van der Waals surface area contributed by atoms with Gasteiger partial charge in [0.1, 0.15) is 5.82 Å². The molecule has 0 spiro atoms. The number of nitrogens with one attached hydrogen (secondary N) is 1. The fourth-order valence-corrected chi connectivity index (χ4v) is 3.86. The first kappa shape index (κ1) is 22.3. The lowest BCUT2D eigenvalue weighted by Crippen LogP contribution is -2.07. The van der Waals surface area contributed by atoms with Gasteiger partial charge in [-0.2, -0.15) is 0 Å². The van der Waals surface area contributed by atoms with Crippen LogP contribution in [-0.4, -0.2) is 46.2 Å². The second-order valence-corrected chi connectivity index (χ2v) is 8.15. The molecule has 0 aliphatic carbocycles. The molecule has 3 aromatic heterocycles. The summed E-state index contributed by atoms with van der Waals surface area (Å²) in [4.78, 5) is 22.2. The Morgan fingerprint density at radius 3 is 2.49 bits per heavy atom. The summed E-state index contributed by atoms with van der Waals surface area (Å²) in [5.41, 5.74) is 4.18. The lowest BCUT2D eigenvalue weighted by molar-refractivity contribution is 0.102. The van der Waals surface area contributed by atoms with Gasteiger partial charge in [0.2, 0.25) is 11.6 Å². The minimum absolute atomic E-state index is 0.172. The predicted molar refractivity (Wildman–Crippen MR) is 130 cm³/mol. The van der Waals surface area contributed by atoms with Gasteiger partial charge in [-0.3, -0.25) is 9.78 Å². The third kappa shape index (κ3) is 4.89. The highest BCUT2D eigenvalue weighted by atomic mass is 16.1. The Balaban J connectivity index is 1.41. The van der Waals surface area contributed by atoms with E-state index in [4.69, 9.17) is 4.98 Å². The SMILES string of the molecule is CCCCn1nc(C(=O)c2ccccc2)nc1Cc1ccc(-c2ccccc2-c2nnn[nH]2)nc1. The van der Waals surface area contributed by atoms with Crippen molar-refractivity contribution >= 4 is 5.78 Å². The summed E-state index contributed by atoms with van der Waals surface area (Å²) in [7, 11) is 0. The van der Waals surface area contributed by atoms with Crippen LogP contribution >= 0.6 is 0 Å². The molecule has 3 heterocycles. The number of aromatic nitrogens is 8. The number of H-pyrrole nitrogens is 1. The molecule has 0 bridgehead atoms. The van der Waals surface area contributed by atoms with Crippen LogP contribution in [-0.2, 0) is 13.0 Å². The van der Waals surface area contributed by atoms with E-state index in [1.54, 1.807) is 12.1 Å². The summed E-state index contributed by atoms with van der Waals surface area (Å²) in [5, 5.41) is 18.7. The topological polar surface area (TPSA) is 115 Å². The van der Waals surface area contributed by atoms with E-state index >= 15 is 0 Å². The number of carbonyl (C=O) groups is 1. The Bertz CT molecular complexity index is 1410. The van der Waals surface area contributed by atoms with Gasteiger partial charge in [0.15, 0.2) is 5.82 Å². The smallest absolute Gasteiger partial charge is 0.232 e. The van der Waals surface area contributed by atoms with E-state index in [0.717, 1.165) is 41.1 Å². The molecular weight excluding hydrogens is 440 g/mol. The molecule has 0 aliphatic rings. The van der Waals surface area contributed by atoms with E-state index in [0.29, 0.717) is 24.4 Å². The van der Waals surface area contributed by atoms with E-state index in [1.165, 1.54) is 0 Å². The molecule has 0 atom stereocenters. The third-order valence-corrected chi connectivity index (χ3v) is 5.70. The van der Waals surface area contributed by atoms with Crippen molar-refractivity contribution < 1.29 is 4.79 Å². The van der Waals surface area contributed by atoms with E-state index in [-0.39, 0.29) is 11.6 Å². The Labute approximate surface area is 202 Å². The molecule has 35 heavy (non-hydrogen) atoms. The Hall–Kier alpha value is -4.53. The van der Waals surface area contributed by atoms with Gasteiger partial charge in [-0.25, -0.2) is 14.8 Å². The standard InChI is InChI=1S/C26H24N8O/c1-2-3-15-34-23(28-26(31-34)24(35)19-9-5-4-6-10-19)16-18-13-14-22(27-17-18)20-11-7-8-12-21(20)25-29-32-33-30-25/h4-14,17H,2-3,15-16H2,1H3,(H,29,30,32,33). The summed E-state index contributed by atoms with van der Waals surface area (Å²) in [6.07, 6.45) is 4.35. The number of aromatic amines is 1. The van der Waals surface area contributed by atoms with Crippen molar-refractivity contribution in [2.24, 2.45) is 0 Å². The first-order valence-corrected chi connectivity index (χ1v) is 11.5. The molecule has 174 valence electrons. The molecule has 0 unspecified atom stereocenters. The largest absolute Gasteiger partial charge is 0.285 e. The summed E-state index contributed by atoms with van der Waals surface area (Å²) in [6.45, 7) is 2.84. The number of aryl methyl sites for hydroxylation is 1. The molecule has 0 amide bonds. The number of benzene rings is 2. The molecule has 0 fully saturated rings. The van der Waals surface area contributed by atoms with E-state index in [1.807, 2.05) is 65.5 Å². The van der Waals surface area contributed by atoms with Gasteiger partial charge in [-0.05, 0) is 28.5 Å². The van der Waals surface area contributed by atoms with Gasteiger partial charge in [0.05, 0.1) is 5.69 Å². The van der Waals surface area contributed by atoms with Crippen molar-refractivity contribution in [3.05, 3.63) is 95.7 Å². The molecule has 9 heteroatoms. The monoisotopic (exact) mass is 464 g/mol. The average Bonchev–Trinajstić information content (AvgIpc) is 3.59. The maximum Gasteiger partial charge on any atom is 0.232 e. The van der Waals surface area contributed by atoms with Crippen LogP contribution in [0, 0.1) is 0 Å². The minimum atomic E-state index is -0.172. The normalized spacial score (nSPS) is 11.0. The molecule has 0 aliphatic heterocycles. The highest BCUT2D eigenvalue weighted by Crippen LogP contribution is 2.28. The lowest BCUT2D eigenvalue weighted by atomic mass is 10.0. The van der Waals surface area contributed by atoms with Gasteiger partial charge in [0.25, 0.3) is 0 Å². The molecule has 5 aromatic rings. The predicted octanol–water partition coefficient (Wildman–Crippen LogP) is 4.14. The van der Waals surface area contributed by atoms with Gasteiger partial charge < -0.3 is 0 Å². The maximum absolute atomic E-state index is 12.9. The van der Waals surface area contributed by atoms with Crippen molar-refractivity contribution in [2.75, 3.05) is 0 Å². The number of carbonyl (C=O) groups excluding carboxylic acids is 1. The summed E-state index contributed by atoms with van der Waals surface area (Å²) < 4.78 is 1.85. The lowest BCUT2D eigenvalue weighted by Gasteiger charge is -2.08. The van der Waals surface area contributed by atoms with Gasteiger partial charge in [-0.15, -0.1) is 10.2 Å². The van der Waals surface area contributed by atoms with Crippen LogP contribution in [0.1, 0.15) is 47.3 Å². The Morgan fingerprint density at radius 2 is 1.77 bits per heavy atom. The zero-order valence-electron chi connectivity index (χ0n) is 19.3. The van der Waals surface area contributed by atoms with Crippen LogP contribution in [0.5, 0.6) is 0 Å². The molecule has 5 rings (SSSR count). The van der Waals surface area contributed by atoms with Crippen molar-refractivity contribution in [3.8, 4) is 22.6 Å². The zero-order chi connectivity index (χ0) is 24.0. The molecular formula is C26H24N8O. The number of unbranched alkanes of at least 4 members (excludes halogenated alkanes) is 1. The Kier molecular flexibility index (Phi) is 6.47. The quantitative estimate of drug-likeness (QED) is 0.326. The molecule has 0 radical (unpaired) electrons. The van der Waals surface area contributed by atoms with Crippen LogP contribution in [0.3, 0.4) is 0 Å². The van der Waals surface area contributed by atoms with E-state index in [9.17, 15) is 4.79 Å². The fraction of sp³-hybridized carbons (Fsp3) is 0.192. The number of hydrogen-bond acceptors (Lipinski definition) is 7. The van der Waals surface area contributed by atoms with Crippen molar-refractivity contribution in [1.29, 1.82) is 0 Å². The number of nitrogens with zero attached hydrogens (tertiary/aromatic N) is 7. The molecule has 1 N–H and O–H groups in total. The number of pyridine rings is 1. The number of rotatable bonds is 9. The molecule has 9 nitrogen and oxygen atoms in total. The van der Waals surface area contributed by atoms with Crippen LogP contribution in [0.2, 0.25) is 0 Å². The maximum atomic E-state index is 12.9. The molecule has 0 saturated heterocycles. The third-order valence-electron chi connectivity index (χ3n) is 5.70. The van der Waals surface area contributed by atoms with Crippen molar-refractivity contribution in [2.45, 2.75) is 32.7 Å². The van der Waals surface area contributed by atoms with Crippen LogP contribution in [0.15, 0.2) is 72.9 Å². The summed E-state index contributed by atoms with van der Waals surface area (Å²) >= 11 is 0. The zero-order valence-corrected chi connectivity index (χ0v) is 19.3. The van der Waals surface area contributed by atoms with Crippen LogP contribution in [0.25, 0.3) is 22.6 Å². The summed E-state index contributed by atoms with van der Waals surface area (Å²) in [5.74, 6) is 1.39. The van der Waals surface area contributed by atoms with Crippen molar-refractivity contribution in [1.82, 2.24) is 40.4 Å². The highest BCUT2D eigenvalue weighted by Gasteiger charge is 2.18. The van der Waals surface area contributed by atoms with Gasteiger partial charge in [0, 0.05) is 35.9 Å². The number of tetrazole rings is 1. The fourth-order valence-electron chi connectivity index (χ4n) is 3.86. The molecule has 2 aromatic carbocycles. The second-order valence-electron chi connectivity index (χ2n) is 8.15. The van der Waals surface area contributed by atoms with Crippen LogP contribution in [0.4, 0.5) is 0 Å². The van der Waals surface area contributed by atoms with Crippen molar-refractivity contribution in [3.63, 3.8) is 0 Å². The molecule has 0 saturated carbocycles. The van der Waals surface area contributed by atoms with E-state index in [2.05, 4.69) is 37.6 Å². The first-order valence-electron chi connectivity index (χ1n) is 11.5. The number of ketones is 1. The second kappa shape index (κ2) is 10.2. The Morgan fingerprint density at radius 1 is 0.971 bits per heavy atom. The highest BCUT2D eigenvalue weighted by molar-refractivity contribution is 6.06. The average molecular weight is 465 g/mol. The van der Waals surface area contributed by atoms with Crippen LogP contribution < -0.4 is 0 Å². The minimum Gasteiger partial charge on any atom is -0.285 e. The summed E-state index contributed by atoms with van der Waals surface area (Å²) in [6, 6.07) is 21.0. The van der Waals surface area contributed by atoms with Gasteiger partial charge >= 0.3 is 0 Å². The van der Waals surface area contributed by atoms with Gasteiger partial charge in [-0.1, -0.05) is 74.0 Å². The number of hydrogen-bond donors (Lipinski definition) is 1. The first-order chi connectivity index (χ1) is 17.2.